The molecule has 0 spiro atoms. The molecule has 0 saturated heterocycles. The number of benzene rings is 2. The number of halogens is 2. The minimum atomic E-state index is -0.0499. The third kappa shape index (κ3) is 6.34. The first-order chi connectivity index (χ1) is 18.5. The average Bonchev–Trinajstić information content (AvgIpc) is 3.36. The van der Waals surface area contributed by atoms with E-state index >= 15 is 0 Å². The van der Waals surface area contributed by atoms with Crippen molar-refractivity contribution in [2.24, 2.45) is 0 Å². The largest absolute Gasteiger partial charge is 0.307 e. The van der Waals surface area contributed by atoms with Crippen molar-refractivity contribution >= 4 is 55.1 Å². The molecule has 0 saturated carbocycles. The lowest BCUT2D eigenvalue weighted by molar-refractivity contribution is -0.124. The highest BCUT2D eigenvalue weighted by Crippen LogP contribution is 2.47. The van der Waals surface area contributed by atoms with Gasteiger partial charge in [0.15, 0.2) is 0 Å². The van der Waals surface area contributed by atoms with Gasteiger partial charge < -0.3 is 9.80 Å². The number of rotatable bonds is 14. The third-order valence-electron chi connectivity index (χ3n) is 7.39. The first-order valence-electron chi connectivity index (χ1n) is 14.1. The fraction of sp³-hybridized carbons (Fsp3) is 0.438. The summed E-state index contributed by atoms with van der Waals surface area (Å²) in [5.74, 6) is -0.0973. The van der Waals surface area contributed by atoms with E-state index in [-0.39, 0.29) is 11.8 Å². The molecule has 6 heteroatoms. The summed E-state index contributed by atoms with van der Waals surface area (Å²) in [4.78, 5) is 32.0. The molecule has 4 rings (SSSR count). The molecule has 0 radical (unpaired) electrons. The molecule has 202 valence electrons. The van der Waals surface area contributed by atoms with Crippen LogP contribution in [-0.2, 0) is 9.59 Å². The van der Waals surface area contributed by atoms with Crippen LogP contribution in [0.3, 0.4) is 0 Å². The molecule has 0 fully saturated rings. The highest BCUT2D eigenvalue weighted by Gasteiger charge is 2.48. The van der Waals surface area contributed by atoms with Crippen molar-refractivity contribution in [2.75, 3.05) is 13.1 Å². The molecule has 4 nitrogen and oxygen atoms in total. The van der Waals surface area contributed by atoms with Crippen molar-refractivity contribution in [3.63, 3.8) is 0 Å². The molecule has 2 aliphatic rings. The van der Waals surface area contributed by atoms with Crippen LogP contribution in [-0.4, -0.2) is 34.7 Å². The van der Waals surface area contributed by atoms with E-state index in [4.69, 9.17) is 0 Å². The predicted molar refractivity (Wildman–Crippen MR) is 163 cm³/mol. The lowest BCUT2D eigenvalue weighted by Gasteiger charge is -2.25. The number of hydrogen-bond donors (Lipinski definition) is 0. The quantitative estimate of drug-likeness (QED) is 0.193. The normalized spacial score (nSPS) is 15.4. The SMILES string of the molecule is CCCCCCCCN1C(=O)C2=C(c3ccc(Br)cc3)N(CCCCCC)C(=O)C2=C1c1ccc(Br)cc1. The Labute approximate surface area is 244 Å². The number of fused-ring (bicyclic) bond motifs is 1. The maximum atomic E-state index is 14.2. The number of nitrogens with zero attached hydrogens (tertiary/aromatic N) is 2. The van der Waals surface area contributed by atoms with Gasteiger partial charge in [0.25, 0.3) is 11.8 Å². The Bertz CT molecular complexity index is 1200. The molecule has 0 aromatic heterocycles. The summed E-state index contributed by atoms with van der Waals surface area (Å²) in [5, 5.41) is 0. The maximum Gasteiger partial charge on any atom is 0.261 e. The fourth-order valence-electron chi connectivity index (χ4n) is 5.39. The molecule has 38 heavy (non-hydrogen) atoms. The van der Waals surface area contributed by atoms with Gasteiger partial charge in [0.2, 0.25) is 0 Å². The van der Waals surface area contributed by atoms with Gasteiger partial charge in [-0.3, -0.25) is 9.59 Å². The first-order valence-corrected chi connectivity index (χ1v) is 15.7. The van der Waals surface area contributed by atoms with Gasteiger partial charge in [-0.25, -0.2) is 0 Å². The average molecular weight is 642 g/mol. The summed E-state index contributed by atoms with van der Waals surface area (Å²) in [6, 6.07) is 15.9. The molecule has 2 amide bonds. The zero-order valence-electron chi connectivity index (χ0n) is 22.6. The number of hydrogen-bond acceptors (Lipinski definition) is 2. The zero-order valence-corrected chi connectivity index (χ0v) is 25.7. The molecule has 0 atom stereocenters. The Morgan fingerprint density at radius 2 is 0.868 bits per heavy atom. The lowest BCUT2D eigenvalue weighted by Crippen LogP contribution is -2.31. The highest BCUT2D eigenvalue weighted by molar-refractivity contribution is 9.10. The van der Waals surface area contributed by atoms with Gasteiger partial charge in [0.05, 0.1) is 22.5 Å². The van der Waals surface area contributed by atoms with Gasteiger partial charge in [0, 0.05) is 22.0 Å². The van der Waals surface area contributed by atoms with Crippen LogP contribution in [0.2, 0.25) is 0 Å². The predicted octanol–water partition coefficient (Wildman–Crippen LogP) is 8.96. The topological polar surface area (TPSA) is 40.6 Å². The smallest absolute Gasteiger partial charge is 0.261 e. The van der Waals surface area contributed by atoms with Crippen molar-refractivity contribution in [3.8, 4) is 0 Å². The van der Waals surface area contributed by atoms with Gasteiger partial charge in [-0.15, -0.1) is 0 Å². The van der Waals surface area contributed by atoms with Gasteiger partial charge >= 0.3 is 0 Å². The zero-order chi connectivity index (χ0) is 27.1. The summed E-state index contributed by atoms with van der Waals surface area (Å²) in [7, 11) is 0. The van der Waals surface area contributed by atoms with E-state index in [2.05, 4.69) is 45.7 Å². The first kappa shape index (κ1) is 28.8. The molecule has 2 aliphatic heterocycles. The van der Waals surface area contributed by atoms with Crippen LogP contribution in [0.15, 0.2) is 68.6 Å². The molecule has 0 N–H and O–H groups in total. The second kappa shape index (κ2) is 13.7. The van der Waals surface area contributed by atoms with Crippen molar-refractivity contribution in [1.29, 1.82) is 0 Å². The molecule has 0 bridgehead atoms. The third-order valence-corrected chi connectivity index (χ3v) is 8.44. The fourth-order valence-corrected chi connectivity index (χ4v) is 5.91. The van der Waals surface area contributed by atoms with Gasteiger partial charge in [-0.05, 0) is 48.2 Å². The van der Waals surface area contributed by atoms with E-state index < -0.39 is 0 Å². The number of amides is 2. The minimum Gasteiger partial charge on any atom is -0.307 e. The molecule has 2 aromatic carbocycles. The molecular formula is C32H38Br2N2O2. The van der Waals surface area contributed by atoms with E-state index in [0.29, 0.717) is 24.2 Å². The van der Waals surface area contributed by atoms with Crippen LogP contribution in [0.5, 0.6) is 0 Å². The number of carbonyl (C=O) groups excluding carboxylic acids is 2. The van der Waals surface area contributed by atoms with Crippen molar-refractivity contribution in [2.45, 2.75) is 78.1 Å². The van der Waals surface area contributed by atoms with Gasteiger partial charge in [0.1, 0.15) is 0 Å². The second-order valence-corrected chi connectivity index (χ2v) is 12.0. The maximum absolute atomic E-state index is 14.2. The molecule has 0 aliphatic carbocycles. The molecule has 2 heterocycles. The summed E-state index contributed by atoms with van der Waals surface area (Å²) in [6.45, 7) is 5.66. The summed E-state index contributed by atoms with van der Waals surface area (Å²) < 4.78 is 1.94. The second-order valence-electron chi connectivity index (χ2n) is 10.2. The van der Waals surface area contributed by atoms with E-state index in [1.807, 2.05) is 58.3 Å². The van der Waals surface area contributed by atoms with Crippen LogP contribution < -0.4 is 0 Å². The van der Waals surface area contributed by atoms with E-state index in [1.54, 1.807) is 0 Å². The number of carbonyl (C=O) groups is 2. The number of unbranched alkanes of at least 4 members (excludes halogenated alkanes) is 8. The molecule has 0 unspecified atom stereocenters. The lowest BCUT2D eigenvalue weighted by atomic mass is 10.0. The van der Waals surface area contributed by atoms with Crippen molar-refractivity contribution < 1.29 is 9.59 Å². The Hall–Kier alpha value is -2.18. The monoisotopic (exact) mass is 640 g/mol. The van der Waals surface area contributed by atoms with Gasteiger partial charge in [-0.1, -0.05) is 121 Å². The van der Waals surface area contributed by atoms with E-state index in [1.165, 1.54) is 25.7 Å². The molecule has 2 aromatic rings. The summed E-state index contributed by atoms with van der Waals surface area (Å²) >= 11 is 7.06. The van der Waals surface area contributed by atoms with Crippen LogP contribution in [0.1, 0.15) is 89.2 Å². The van der Waals surface area contributed by atoms with Gasteiger partial charge in [-0.2, -0.15) is 0 Å². The highest BCUT2D eigenvalue weighted by atomic mass is 79.9. The van der Waals surface area contributed by atoms with Crippen LogP contribution in [0.25, 0.3) is 11.4 Å². The Kier molecular flexibility index (Phi) is 10.4. The minimum absolute atomic E-state index is 0.0474. The Balaban J connectivity index is 1.76. The standard InChI is InChI=1S/C32H38Br2N2O2/c1-3-5-7-9-10-12-22-36-30(24-15-19-26(34)20-16-24)28-27(32(36)38)29(23-13-17-25(33)18-14-23)35(31(28)37)21-11-8-6-4-2/h13-20H,3-12,21-22H2,1-2H3. The Morgan fingerprint density at radius 3 is 1.26 bits per heavy atom. The van der Waals surface area contributed by atoms with Crippen molar-refractivity contribution in [3.05, 3.63) is 79.7 Å². The van der Waals surface area contributed by atoms with E-state index in [0.717, 1.165) is 70.0 Å². The van der Waals surface area contributed by atoms with Crippen LogP contribution in [0, 0.1) is 0 Å². The summed E-state index contributed by atoms with van der Waals surface area (Å²) in [6.07, 6.45) is 11.2. The van der Waals surface area contributed by atoms with Crippen LogP contribution in [0.4, 0.5) is 0 Å². The Morgan fingerprint density at radius 1 is 0.526 bits per heavy atom. The molecular weight excluding hydrogens is 604 g/mol. The van der Waals surface area contributed by atoms with E-state index in [9.17, 15) is 9.59 Å². The van der Waals surface area contributed by atoms with Crippen LogP contribution >= 0.6 is 31.9 Å². The summed E-state index contributed by atoms with van der Waals surface area (Å²) in [5.41, 5.74) is 4.48. The van der Waals surface area contributed by atoms with Crippen molar-refractivity contribution in [1.82, 2.24) is 9.80 Å².